The number of aryl methyl sites for hydroxylation is 2. The van der Waals surface area contributed by atoms with Crippen LogP contribution in [0.2, 0.25) is 0 Å². The molecule has 6 heteroatoms. The van der Waals surface area contributed by atoms with E-state index in [9.17, 15) is 4.79 Å². The van der Waals surface area contributed by atoms with Crippen molar-refractivity contribution in [3.05, 3.63) is 76.6 Å². The van der Waals surface area contributed by atoms with Gasteiger partial charge in [-0.25, -0.2) is 4.98 Å². The van der Waals surface area contributed by atoms with Crippen LogP contribution < -0.4 is 10.3 Å². The van der Waals surface area contributed by atoms with Gasteiger partial charge in [-0.1, -0.05) is 12.1 Å². The summed E-state index contributed by atoms with van der Waals surface area (Å²) in [7, 11) is 0. The van der Waals surface area contributed by atoms with Crippen LogP contribution in [-0.2, 0) is 0 Å². The van der Waals surface area contributed by atoms with Gasteiger partial charge >= 0.3 is 0 Å². The Morgan fingerprint density at radius 2 is 1.93 bits per heavy atom. The molecule has 3 aromatic heterocycles. The molecule has 0 bridgehead atoms. The lowest BCUT2D eigenvalue weighted by Gasteiger charge is -2.11. The Morgan fingerprint density at radius 3 is 2.67 bits per heavy atom. The number of fused-ring (bicyclic) bond motifs is 1. The monoisotopic (exact) mass is 360 g/mol. The fourth-order valence-corrected chi connectivity index (χ4v) is 3.47. The van der Waals surface area contributed by atoms with Gasteiger partial charge in [0.2, 0.25) is 0 Å². The molecule has 0 aliphatic rings. The molecule has 27 heavy (non-hydrogen) atoms. The van der Waals surface area contributed by atoms with E-state index in [-0.39, 0.29) is 5.56 Å². The first-order valence-corrected chi connectivity index (χ1v) is 8.86. The second-order valence-electron chi connectivity index (χ2n) is 6.27. The molecule has 0 aliphatic heterocycles. The Balaban J connectivity index is 1.96. The van der Waals surface area contributed by atoms with E-state index in [1.54, 1.807) is 18.5 Å². The molecule has 1 aromatic carbocycles. The predicted molar refractivity (Wildman–Crippen MR) is 105 cm³/mol. The molecule has 6 nitrogen and oxygen atoms in total. The number of ether oxygens (including phenoxy) is 1. The van der Waals surface area contributed by atoms with Gasteiger partial charge in [-0.2, -0.15) is 9.78 Å². The summed E-state index contributed by atoms with van der Waals surface area (Å²) in [5.41, 5.74) is 2.62. The number of benzene rings is 1. The van der Waals surface area contributed by atoms with E-state index in [0.29, 0.717) is 17.8 Å². The molecule has 0 unspecified atom stereocenters. The van der Waals surface area contributed by atoms with Crippen molar-refractivity contribution in [3.63, 3.8) is 0 Å². The first kappa shape index (κ1) is 17.0. The molecule has 0 N–H and O–H groups in total. The molecule has 4 rings (SSSR count). The minimum atomic E-state index is -0.175. The SMILES string of the molecule is CCOc1cccc(-n2c(C)c3cnn(-c4ccccn4)c(=O)c3c2C)c1. The smallest absolute Gasteiger partial charge is 0.282 e. The first-order valence-electron chi connectivity index (χ1n) is 8.86. The van der Waals surface area contributed by atoms with E-state index in [2.05, 4.69) is 14.6 Å². The van der Waals surface area contributed by atoms with Crippen molar-refractivity contribution in [2.75, 3.05) is 6.61 Å². The maximum absolute atomic E-state index is 13.1. The molecule has 0 radical (unpaired) electrons. The average molecular weight is 360 g/mol. The molecule has 0 saturated heterocycles. The largest absolute Gasteiger partial charge is 0.494 e. The number of hydrogen-bond acceptors (Lipinski definition) is 4. The third-order valence-electron chi connectivity index (χ3n) is 4.65. The highest BCUT2D eigenvalue weighted by atomic mass is 16.5. The van der Waals surface area contributed by atoms with Gasteiger partial charge in [-0.05, 0) is 45.0 Å². The summed E-state index contributed by atoms with van der Waals surface area (Å²) >= 11 is 0. The first-order chi connectivity index (χ1) is 13.1. The van der Waals surface area contributed by atoms with Crippen LogP contribution in [0.15, 0.2) is 59.7 Å². The molecular formula is C21H20N4O2. The fraction of sp³-hybridized carbons (Fsp3) is 0.190. The lowest BCUT2D eigenvalue weighted by Crippen LogP contribution is -2.21. The Labute approximate surface area is 156 Å². The lowest BCUT2D eigenvalue weighted by molar-refractivity contribution is 0.340. The number of nitrogens with zero attached hydrogens (tertiary/aromatic N) is 4. The second-order valence-corrected chi connectivity index (χ2v) is 6.27. The van der Waals surface area contributed by atoms with Gasteiger partial charge < -0.3 is 9.30 Å². The summed E-state index contributed by atoms with van der Waals surface area (Å²) in [5, 5.41) is 5.82. The Kier molecular flexibility index (Phi) is 4.24. The fourth-order valence-electron chi connectivity index (χ4n) is 3.47. The van der Waals surface area contributed by atoms with E-state index in [1.807, 2.05) is 57.2 Å². The van der Waals surface area contributed by atoms with Gasteiger partial charge in [0.25, 0.3) is 5.56 Å². The van der Waals surface area contributed by atoms with E-state index >= 15 is 0 Å². The normalized spacial score (nSPS) is 11.1. The third kappa shape index (κ3) is 2.79. The van der Waals surface area contributed by atoms with Crippen molar-refractivity contribution < 1.29 is 4.74 Å². The minimum absolute atomic E-state index is 0.175. The summed E-state index contributed by atoms with van der Waals surface area (Å²) in [5.74, 6) is 1.31. The van der Waals surface area contributed by atoms with Gasteiger partial charge in [0.15, 0.2) is 5.82 Å². The zero-order chi connectivity index (χ0) is 19.0. The Bertz CT molecular complexity index is 1180. The highest BCUT2D eigenvalue weighted by Crippen LogP contribution is 2.27. The van der Waals surface area contributed by atoms with E-state index in [4.69, 9.17) is 4.74 Å². The van der Waals surface area contributed by atoms with Crippen LogP contribution in [0.5, 0.6) is 5.75 Å². The van der Waals surface area contributed by atoms with Crippen LogP contribution in [0.3, 0.4) is 0 Å². The third-order valence-corrected chi connectivity index (χ3v) is 4.65. The quantitative estimate of drug-likeness (QED) is 0.558. The topological polar surface area (TPSA) is 61.9 Å². The summed E-state index contributed by atoms with van der Waals surface area (Å²) in [4.78, 5) is 17.4. The number of aromatic nitrogens is 4. The van der Waals surface area contributed by atoms with E-state index < -0.39 is 0 Å². The summed E-state index contributed by atoms with van der Waals surface area (Å²) in [6, 6.07) is 13.3. The van der Waals surface area contributed by atoms with Crippen molar-refractivity contribution in [2.24, 2.45) is 0 Å². The van der Waals surface area contributed by atoms with Crippen molar-refractivity contribution in [3.8, 4) is 17.3 Å². The van der Waals surface area contributed by atoms with Crippen molar-refractivity contribution in [1.29, 1.82) is 0 Å². The summed E-state index contributed by atoms with van der Waals surface area (Å²) in [6.45, 7) is 6.51. The second kappa shape index (κ2) is 6.72. The Morgan fingerprint density at radius 1 is 1.07 bits per heavy atom. The maximum atomic E-state index is 13.1. The predicted octanol–water partition coefficient (Wildman–Crippen LogP) is 3.59. The van der Waals surface area contributed by atoms with Crippen LogP contribution in [-0.4, -0.2) is 25.9 Å². The minimum Gasteiger partial charge on any atom is -0.494 e. The summed E-state index contributed by atoms with van der Waals surface area (Å²) in [6.07, 6.45) is 3.38. The van der Waals surface area contributed by atoms with E-state index in [0.717, 1.165) is 28.2 Å². The standard InChI is InChI=1S/C21H20N4O2/c1-4-27-17-9-7-8-16(12-17)24-14(2)18-13-23-25(19-10-5-6-11-22-19)21(26)20(18)15(24)3/h5-13H,4H2,1-3H3. The summed E-state index contributed by atoms with van der Waals surface area (Å²) < 4.78 is 9.03. The van der Waals surface area contributed by atoms with Gasteiger partial charge in [0, 0.05) is 34.7 Å². The maximum Gasteiger partial charge on any atom is 0.282 e. The molecule has 0 aliphatic carbocycles. The van der Waals surface area contributed by atoms with Crippen LogP contribution in [0.1, 0.15) is 18.3 Å². The van der Waals surface area contributed by atoms with Gasteiger partial charge in [-0.15, -0.1) is 0 Å². The van der Waals surface area contributed by atoms with E-state index in [1.165, 1.54) is 4.68 Å². The molecule has 0 fully saturated rings. The van der Waals surface area contributed by atoms with Crippen LogP contribution in [0.25, 0.3) is 22.3 Å². The zero-order valence-corrected chi connectivity index (χ0v) is 15.5. The van der Waals surface area contributed by atoms with Crippen LogP contribution >= 0.6 is 0 Å². The average Bonchev–Trinajstić information content (AvgIpc) is 2.94. The highest BCUT2D eigenvalue weighted by Gasteiger charge is 2.18. The van der Waals surface area contributed by atoms with Gasteiger partial charge in [0.1, 0.15) is 5.75 Å². The molecule has 3 heterocycles. The lowest BCUT2D eigenvalue weighted by atomic mass is 10.2. The van der Waals surface area contributed by atoms with Gasteiger partial charge in [0.05, 0.1) is 18.2 Å². The molecule has 0 saturated carbocycles. The van der Waals surface area contributed by atoms with Crippen molar-refractivity contribution in [1.82, 2.24) is 19.3 Å². The van der Waals surface area contributed by atoms with Crippen molar-refractivity contribution >= 4 is 10.8 Å². The number of pyridine rings is 1. The highest BCUT2D eigenvalue weighted by molar-refractivity contribution is 5.88. The van der Waals surface area contributed by atoms with Gasteiger partial charge in [-0.3, -0.25) is 4.79 Å². The molecule has 0 amide bonds. The number of rotatable bonds is 4. The van der Waals surface area contributed by atoms with Crippen LogP contribution in [0.4, 0.5) is 0 Å². The molecule has 0 atom stereocenters. The van der Waals surface area contributed by atoms with Crippen molar-refractivity contribution in [2.45, 2.75) is 20.8 Å². The molecular weight excluding hydrogens is 340 g/mol. The molecule has 0 spiro atoms. The zero-order valence-electron chi connectivity index (χ0n) is 15.5. The molecule has 136 valence electrons. The molecule has 4 aromatic rings. The van der Waals surface area contributed by atoms with Crippen LogP contribution in [0, 0.1) is 13.8 Å². The Hall–Kier alpha value is -3.41. The number of hydrogen-bond donors (Lipinski definition) is 0.